The molecular formula is C15H12N2. The highest BCUT2D eigenvalue weighted by molar-refractivity contribution is 6.12. The van der Waals surface area contributed by atoms with Gasteiger partial charge in [0.25, 0.3) is 0 Å². The van der Waals surface area contributed by atoms with E-state index >= 15 is 0 Å². The molecule has 0 heterocycles. The zero-order valence-corrected chi connectivity index (χ0v) is 9.59. The third kappa shape index (κ3) is 2.79. The molecule has 0 amide bonds. The first-order valence-electron chi connectivity index (χ1n) is 5.40. The zero-order chi connectivity index (χ0) is 12.1. The predicted molar refractivity (Wildman–Crippen MR) is 69.4 cm³/mol. The molecule has 0 N–H and O–H groups in total. The minimum absolute atomic E-state index is 0.439. The van der Waals surface area contributed by atoms with Gasteiger partial charge in [-0.1, -0.05) is 48.0 Å². The molecule has 2 aromatic rings. The van der Waals surface area contributed by atoms with E-state index in [1.54, 1.807) is 0 Å². The molecule has 82 valence electrons. The lowest BCUT2D eigenvalue weighted by atomic mass is 10.1. The van der Waals surface area contributed by atoms with Gasteiger partial charge in [-0.25, -0.2) is 4.99 Å². The summed E-state index contributed by atoms with van der Waals surface area (Å²) in [4.78, 5) is 4.34. The Morgan fingerprint density at radius 3 is 2.24 bits per heavy atom. The van der Waals surface area contributed by atoms with Crippen LogP contribution in [0.2, 0.25) is 0 Å². The van der Waals surface area contributed by atoms with Crippen LogP contribution < -0.4 is 0 Å². The summed E-state index contributed by atoms with van der Waals surface area (Å²) >= 11 is 0. The van der Waals surface area contributed by atoms with Crippen LogP contribution >= 0.6 is 0 Å². The second kappa shape index (κ2) is 5.09. The van der Waals surface area contributed by atoms with Gasteiger partial charge in [0.05, 0.1) is 5.69 Å². The van der Waals surface area contributed by atoms with Gasteiger partial charge in [0.2, 0.25) is 0 Å². The van der Waals surface area contributed by atoms with Crippen LogP contribution in [0.25, 0.3) is 0 Å². The summed E-state index contributed by atoms with van der Waals surface area (Å²) in [5.74, 6) is 0. The Bertz CT molecular complexity index is 560. The second-order valence-corrected chi connectivity index (χ2v) is 3.77. The maximum atomic E-state index is 9.11. The van der Waals surface area contributed by atoms with Crippen molar-refractivity contribution in [3.63, 3.8) is 0 Å². The van der Waals surface area contributed by atoms with Gasteiger partial charge < -0.3 is 0 Å². The summed E-state index contributed by atoms with van der Waals surface area (Å²) in [6.07, 6.45) is 0. The van der Waals surface area contributed by atoms with Crippen LogP contribution in [0.4, 0.5) is 5.69 Å². The van der Waals surface area contributed by atoms with Crippen LogP contribution in [0.15, 0.2) is 59.6 Å². The molecular weight excluding hydrogens is 208 g/mol. The van der Waals surface area contributed by atoms with Gasteiger partial charge in [0, 0.05) is 5.56 Å². The number of aryl methyl sites for hydroxylation is 1. The Balaban J connectivity index is 2.37. The van der Waals surface area contributed by atoms with E-state index in [2.05, 4.69) is 11.1 Å². The molecule has 0 fully saturated rings. The number of rotatable bonds is 2. The molecule has 0 bridgehead atoms. The number of benzene rings is 2. The molecule has 0 atom stereocenters. The summed E-state index contributed by atoms with van der Waals surface area (Å²) in [6.45, 7) is 2.02. The molecule has 0 aromatic heterocycles. The third-order valence-electron chi connectivity index (χ3n) is 2.43. The van der Waals surface area contributed by atoms with Crippen LogP contribution in [-0.4, -0.2) is 5.71 Å². The first kappa shape index (κ1) is 11.1. The summed E-state index contributed by atoms with van der Waals surface area (Å²) in [5, 5.41) is 9.11. The predicted octanol–water partition coefficient (Wildman–Crippen LogP) is 3.64. The van der Waals surface area contributed by atoms with Crippen LogP contribution in [0, 0.1) is 18.3 Å². The van der Waals surface area contributed by atoms with Gasteiger partial charge in [-0.15, -0.1) is 0 Å². The van der Waals surface area contributed by atoms with Crippen molar-refractivity contribution in [2.45, 2.75) is 6.92 Å². The molecule has 0 aliphatic rings. The SMILES string of the molecule is Cc1ccc(/N=C(\C#N)c2ccccc2)cc1. The Hall–Kier alpha value is -2.40. The van der Waals surface area contributed by atoms with Gasteiger partial charge in [-0.3, -0.25) is 0 Å². The monoisotopic (exact) mass is 220 g/mol. The van der Waals surface area contributed by atoms with E-state index in [0.717, 1.165) is 11.3 Å². The first-order chi connectivity index (χ1) is 8.29. The molecule has 0 unspecified atom stereocenters. The van der Waals surface area contributed by atoms with Crippen LogP contribution in [0.1, 0.15) is 11.1 Å². The van der Waals surface area contributed by atoms with E-state index in [4.69, 9.17) is 5.26 Å². The van der Waals surface area contributed by atoms with Crippen LogP contribution in [0.3, 0.4) is 0 Å². The molecule has 17 heavy (non-hydrogen) atoms. The van der Waals surface area contributed by atoms with Crippen molar-refractivity contribution in [3.05, 3.63) is 65.7 Å². The highest BCUT2D eigenvalue weighted by atomic mass is 14.7. The van der Waals surface area contributed by atoms with Gasteiger partial charge in [-0.2, -0.15) is 5.26 Å². The average Bonchev–Trinajstić information content (AvgIpc) is 2.39. The van der Waals surface area contributed by atoms with E-state index in [1.165, 1.54) is 5.56 Å². The maximum Gasteiger partial charge on any atom is 0.148 e. The van der Waals surface area contributed by atoms with Crippen molar-refractivity contribution in [3.8, 4) is 6.07 Å². The van der Waals surface area contributed by atoms with E-state index in [1.807, 2.05) is 61.5 Å². The van der Waals surface area contributed by atoms with Crippen molar-refractivity contribution in [2.24, 2.45) is 4.99 Å². The molecule has 0 spiro atoms. The molecule has 2 nitrogen and oxygen atoms in total. The Morgan fingerprint density at radius 1 is 1.00 bits per heavy atom. The molecule has 0 saturated carbocycles. The van der Waals surface area contributed by atoms with E-state index in [-0.39, 0.29) is 0 Å². The standard InChI is InChI=1S/C15H12N2/c1-12-7-9-14(10-8-12)17-15(11-16)13-5-3-2-4-6-13/h2-10H,1H3/b17-15+. The lowest BCUT2D eigenvalue weighted by molar-refractivity contribution is 1.43. The molecule has 0 aliphatic carbocycles. The van der Waals surface area contributed by atoms with Crippen molar-refractivity contribution in [1.82, 2.24) is 0 Å². The minimum Gasteiger partial charge on any atom is -0.237 e. The molecule has 2 aromatic carbocycles. The van der Waals surface area contributed by atoms with Crippen molar-refractivity contribution < 1.29 is 0 Å². The summed E-state index contributed by atoms with van der Waals surface area (Å²) in [7, 11) is 0. The first-order valence-corrected chi connectivity index (χ1v) is 5.40. The van der Waals surface area contributed by atoms with Crippen LogP contribution in [0.5, 0.6) is 0 Å². The number of aliphatic imine (C=N–C) groups is 1. The summed E-state index contributed by atoms with van der Waals surface area (Å²) in [6, 6.07) is 19.4. The quantitative estimate of drug-likeness (QED) is 0.712. The van der Waals surface area contributed by atoms with Gasteiger partial charge in [0.15, 0.2) is 0 Å². The van der Waals surface area contributed by atoms with E-state index in [9.17, 15) is 0 Å². The van der Waals surface area contributed by atoms with Gasteiger partial charge in [0.1, 0.15) is 11.8 Å². The Labute approximate surface area is 101 Å². The molecule has 0 radical (unpaired) electrons. The Morgan fingerprint density at radius 2 is 1.65 bits per heavy atom. The highest BCUT2D eigenvalue weighted by Crippen LogP contribution is 2.14. The highest BCUT2D eigenvalue weighted by Gasteiger charge is 2.01. The third-order valence-corrected chi connectivity index (χ3v) is 2.43. The largest absolute Gasteiger partial charge is 0.237 e. The Kier molecular flexibility index (Phi) is 3.32. The summed E-state index contributed by atoms with van der Waals surface area (Å²) in [5.41, 5.74) is 3.27. The number of nitrogens with zero attached hydrogens (tertiary/aromatic N) is 2. The average molecular weight is 220 g/mol. The zero-order valence-electron chi connectivity index (χ0n) is 9.59. The fourth-order valence-corrected chi connectivity index (χ4v) is 1.50. The van der Waals surface area contributed by atoms with Gasteiger partial charge in [-0.05, 0) is 19.1 Å². The van der Waals surface area contributed by atoms with Crippen molar-refractivity contribution in [2.75, 3.05) is 0 Å². The van der Waals surface area contributed by atoms with E-state index < -0.39 is 0 Å². The van der Waals surface area contributed by atoms with Crippen molar-refractivity contribution >= 4 is 11.4 Å². The van der Waals surface area contributed by atoms with Crippen LogP contribution in [-0.2, 0) is 0 Å². The van der Waals surface area contributed by atoms with E-state index in [0.29, 0.717) is 5.71 Å². The normalized spacial score (nSPS) is 10.9. The topological polar surface area (TPSA) is 36.1 Å². The lowest BCUT2D eigenvalue weighted by Gasteiger charge is -1.99. The lowest BCUT2D eigenvalue weighted by Crippen LogP contribution is -1.95. The molecule has 2 heteroatoms. The molecule has 2 rings (SSSR count). The van der Waals surface area contributed by atoms with Crippen molar-refractivity contribution in [1.29, 1.82) is 5.26 Å². The minimum atomic E-state index is 0.439. The molecule has 0 saturated heterocycles. The maximum absolute atomic E-state index is 9.11. The second-order valence-electron chi connectivity index (χ2n) is 3.77. The number of hydrogen-bond acceptors (Lipinski definition) is 2. The number of hydrogen-bond donors (Lipinski definition) is 0. The summed E-state index contributed by atoms with van der Waals surface area (Å²) < 4.78 is 0. The smallest absolute Gasteiger partial charge is 0.148 e. The molecule has 0 aliphatic heterocycles. The fourth-order valence-electron chi connectivity index (χ4n) is 1.50. The fraction of sp³-hybridized carbons (Fsp3) is 0.0667. The van der Waals surface area contributed by atoms with Gasteiger partial charge >= 0.3 is 0 Å². The number of nitriles is 1.